The van der Waals surface area contributed by atoms with Gasteiger partial charge in [-0.25, -0.2) is 4.39 Å². The number of hydrogen-bond acceptors (Lipinski definition) is 2. The molecule has 1 aliphatic rings. The van der Waals surface area contributed by atoms with Crippen molar-refractivity contribution in [2.75, 3.05) is 13.1 Å². The van der Waals surface area contributed by atoms with E-state index in [1.165, 1.54) is 0 Å². The molecule has 1 aromatic carbocycles. The molecule has 1 aromatic rings. The molecule has 0 aromatic heterocycles. The third kappa shape index (κ3) is 2.79. The van der Waals surface area contributed by atoms with E-state index in [2.05, 4.69) is 24.1 Å². The van der Waals surface area contributed by atoms with E-state index in [1.807, 2.05) is 6.07 Å². The van der Waals surface area contributed by atoms with Crippen molar-refractivity contribution >= 4 is 11.6 Å². The van der Waals surface area contributed by atoms with Crippen LogP contribution in [0.3, 0.4) is 0 Å². The zero-order valence-corrected chi connectivity index (χ0v) is 11.0. The quantitative estimate of drug-likeness (QED) is 0.875. The maximum absolute atomic E-state index is 13.8. The minimum absolute atomic E-state index is 0.206. The molecule has 1 saturated heterocycles. The second-order valence-electron chi connectivity index (χ2n) is 4.74. The maximum atomic E-state index is 13.8. The third-order valence-corrected chi connectivity index (χ3v) is 3.69. The van der Waals surface area contributed by atoms with Gasteiger partial charge in [0.2, 0.25) is 0 Å². The van der Waals surface area contributed by atoms with Crippen LogP contribution >= 0.6 is 11.6 Å². The lowest BCUT2D eigenvalue weighted by molar-refractivity contribution is 0.107. The number of benzene rings is 1. The van der Waals surface area contributed by atoms with Crippen molar-refractivity contribution < 1.29 is 4.39 Å². The normalized spacial score (nSPS) is 26.1. The van der Waals surface area contributed by atoms with E-state index in [4.69, 9.17) is 11.6 Å². The summed E-state index contributed by atoms with van der Waals surface area (Å²) in [5.74, 6) is -0.285. The Bertz CT molecular complexity index is 387. The van der Waals surface area contributed by atoms with Gasteiger partial charge in [0.15, 0.2) is 0 Å². The van der Waals surface area contributed by atoms with Gasteiger partial charge >= 0.3 is 0 Å². The van der Waals surface area contributed by atoms with Gasteiger partial charge in [-0.3, -0.25) is 4.90 Å². The first-order valence-electron chi connectivity index (χ1n) is 5.99. The van der Waals surface area contributed by atoms with Crippen LogP contribution in [0.1, 0.15) is 19.4 Å². The number of rotatable bonds is 2. The van der Waals surface area contributed by atoms with Crippen molar-refractivity contribution in [3.8, 4) is 0 Å². The first-order chi connectivity index (χ1) is 8.09. The molecule has 0 spiro atoms. The van der Waals surface area contributed by atoms with E-state index in [-0.39, 0.29) is 10.8 Å². The van der Waals surface area contributed by atoms with Gasteiger partial charge in [-0.2, -0.15) is 0 Å². The average Bonchev–Trinajstić information content (AvgIpc) is 2.29. The molecule has 1 fully saturated rings. The molecule has 4 heteroatoms. The monoisotopic (exact) mass is 256 g/mol. The highest BCUT2D eigenvalue weighted by Crippen LogP contribution is 2.21. The van der Waals surface area contributed by atoms with Crippen LogP contribution in [0.2, 0.25) is 5.02 Å². The Kier molecular flexibility index (Phi) is 4.02. The van der Waals surface area contributed by atoms with Gasteiger partial charge in [0.1, 0.15) is 5.82 Å². The molecule has 2 rings (SSSR count). The number of piperazine rings is 1. The zero-order valence-electron chi connectivity index (χ0n) is 10.2. The molecule has 2 nitrogen and oxygen atoms in total. The van der Waals surface area contributed by atoms with Gasteiger partial charge in [-0.15, -0.1) is 0 Å². The molecule has 2 unspecified atom stereocenters. The highest BCUT2D eigenvalue weighted by atomic mass is 35.5. The van der Waals surface area contributed by atoms with E-state index >= 15 is 0 Å². The first-order valence-corrected chi connectivity index (χ1v) is 6.36. The predicted octanol–water partition coefficient (Wildman–Crippen LogP) is 2.66. The van der Waals surface area contributed by atoms with Crippen LogP contribution in [-0.4, -0.2) is 30.1 Å². The van der Waals surface area contributed by atoms with Crippen molar-refractivity contribution in [2.24, 2.45) is 0 Å². The van der Waals surface area contributed by atoms with Crippen molar-refractivity contribution in [3.63, 3.8) is 0 Å². The molecule has 1 N–H and O–H groups in total. The fourth-order valence-corrected chi connectivity index (χ4v) is 2.54. The van der Waals surface area contributed by atoms with Gasteiger partial charge in [0.05, 0.1) is 5.02 Å². The van der Waals surface area contributed by atoms with E-state index in [1.54, 1.807) is 12.1 Å². The van der Waals surface area contributed by atoms with Crippen LogP contribution in [0.15, 0.2) is 18.2 Å². The summed E-state index contributed by atoms with van der Waals surface area (Å²) >= 11 is 5.80. The van der Waals surface area contributed by atoms with Gasteiger partial charge in [-0.05, 0) is 19.9 Å². The molecule has 0 aliphatic carbocycles. The van der Waals surface area contributed by atoms with Crippen molar-refractivity contribution in [1.82, 2.24) is 10.2 Å². The topological polar surface area (TPSA) is 15.3 Å². The summed E-state index contributed by atoms with van der Waals surface area (Å²) in [4.78, 5) is 2.31. The summed E-state index contributed by atoms with van der Waals surface area (Å²) in [5, 5.41) is 3.57. The molecular weight excluding hydrogens is 239 g/mol. The molecule has 0 amide bonds. The zero-order chi connectivity index (χ0) is 12.4. The SMILES string of the molecule is CC1CNCC(C)N1Cc1cccc(Cl)c1F. The van der Waals surface area contributed by atoms with Crippen molar-refractivity contribution in [3.05, 3.63) is 34.6 Å². The lowest BCUT2D eigenvalue weighted by Crippen LogP contribution is -2.54. The summed E-state index contributed by atoms with van der Waals surface area (Å²) in [5.41, 5.74) is 0.679. The summed E-state index contributed by atoms with van der Waals surface area (Å²) in [6, 6.07) is 6.03. The molecular formula is C13H18ClFN2. The summed E-state index contributed by atoms with van der Waals surface area (Å²) < 4.78 is 13.8. The van der Waals surface area contributed by atoms with Crippen LogP contribution in [0, 0.1) is 5.82 Å². The van der Waals surface area contributed by atoms with Gasteiger partial charge in [0.25, 0.3) is 0 Å². The molecule has 17 heavy (non-hydrogen) atoms. The number of nitrogens with zero attached hydrogens (tertiary/aromatic N) is 1. The molecule has 2 atom stereocenters. The van der Waals surface area contributed by atoms with Gasteiger partial charge in [0, 0.05) is 37.3 Å². The molecule has 1 aliphatic heterocycles. The Morgan fingerprint density at radius 2 is 2.00 bits per heavy atom. The highest BCUT2D eigenvalue weighted by Gasteiger charge is 2.25. The largest absolute Gasteiger partial charge is 0.314 e. The van der Waals surface area contributed by atoms with Crippen LogP contribution < -0.4 is 5.32 Å². The van der Waals surface area contributed by atoms with E-state index in [0.717, 1.165) is 13.1 Å². The molecule has 1 heterocycles. The van der Waals surface area contributed by atoms with Crippen LogP contribution in [0.4, 0.5) is 4.39 Å². The van der Waals surface area contributed by atoms with Crippen LogP contribution in [-0.2, 0) is 6.54 Å². The summed E-state index contributed by atoms with van der Waals surface area (Å²) in [7, 11) is 0. The second kappa shape index (κ2) is 5.34. The highest BCUT2D eigenvalue weighted by molar-refractivity contribution is 6.30. The lowest BCUT2D eigenvalue weighted by Gasteiger charge is -2.39. The molecule has 0 radical (unpaired) electrons. The fraction of sp³-hybridized carbons (Fsp3) is 0.538. The van der Waals surface area contributed by atoms with Crippen molar-refractivity contribution in [1.29, 1.82) is 0 Å². The van der Waals surface area contributed by atoms with Gasteiger partial charge < -0.3 is 5.32 Å². The van der Waals surface area contributed by atoms with E-state index in [0.29, 0.717) is 24.2 Å². The summed E-state index contributed by atoms with van der Waals surface area (Å²) in [6.07, 6.45) is 0. The first kappa shape index (κ1) is 12.8. The summed E-state index contributed by atoms with van der Waals surface area (Å²) in [6.45, 7) is 6.84. The molecule has 0 saturated carbocycles. The van der Waals surface area contributed by atoms with E-state index in [9.17, 15) is 4.39 Å². The smallest absolute Gasteiger partial charge is 0.146 e. The Hall–Kier alpha value is -0.640. The molecule has 0 bridgehead atoms. The Balaban J connectivity index is 2.16. The molecule has 94 valence electrons. The average molecular weight is 257 g/mol. The second-order valence-corrected chi connectivity index (χ2v) is 5.15. The maximum Gasteiger partial charge on any atom is 0.146 e. The Morgan fingerprint density at radius 1 is 1.35 bits per heavy atom. The van der Waals surface area contributed by atoms with Crippen LogP contribution in [0.5, 0.6) is 0 Å². The van der Waals surface area contributed by atoms with E-state index < -0.39 is 0 Å². The minimum atomic E-state index is -0.285. The fourth-order valence-electron chi connectivity index (χ4n) is 2.35. The van der Waals surface area contributed by atoms with Crippen LogP contribution in [0.25, 0.3) is 0 Å². The Labute approximate surface area is 107 Å². The number of hydrogen-bond donors (Lipinski definition) is 1. The third-order valence-electron chi connectivity index (χ3n) is 3.40. The van der Waals surface area contributed by atoms with Gasteiger partial charge in [-0.1, -0.05) is 23.7 Å². The standard InChI is InChI=1S/C13H18ClFN2/c1-9-6-16-7-10(2)17(9)8-11-4-3-5-12(14)13(11)15/h3-5,9-10,16H,6-8H2,1-2H3. The Morgan fingerprint density at radius 3 is 2.65 bits per heavy atom. The number of halogens is 2. The number of nitrogens with one attached hydrogen (secondary N) is 1. The predicted molar refractivity (Wildman–Crippen MR) is 68.7 cm³/mol. The minimum Gasteiger partial charge on any atom is -0.314 e. The lowest BCUT2D eigenvalue weighted by atomic mass is 10.1. The van der Waals surface area contributed by atoms with Crippen molar-refractivity contribution in [2.45, 2.75) is 32.5 Å².